The minimum Gasteiger partial charge on any atom is -0.379 e. The first-order valence-electron chi connectivity index (χ1n) is 11.2. The Morgan fingerprint density at radius 1 is 0.909 bits per heavy atom. The fourth-order valence-electron chi connectivity index (χ4n) is 4.03. The molecule has 0 aliphatic carbocycles. The Labute approximate surface area is 193 Å². The predicted octanol–water partition coefficient (Wildman–Crippen LogP) is 4.62. The fourth-order valence-corrected chi connectivity index (χ4v) is 4.03. The van der Waals surface area contributed by atoms with Gasteiger partial charge in [-0.25, -0.2) is 4.68 Å². The smallest absolute Gasteiger partial charge is 0.259 e. The van der Waals surface area contributed by atoms with Crippen LogP contribution < -0.4 is 5.32 Å². The van der Waals surface area contributed by atoms with Crippen LogP contribution in [-0.4, -0.2) is 46.9 Å². The molecule has 1 aromatic heterocycles. The lowest BCUT2D eigenvalue weighted by Crippen LogP contribution is -2.35. The van der Waals surface area contributed by atoms with Crippen LogP contribution in [0, 0.1) is 0 Å². The minimum atomic E-state index is -0.181. The van der Waals surface area contributed by atoms with Crippen LogP contribution in [0.1, 0.15) is 15.9 Å². The molecule has 1 N–H and O–H groups in total. The van der Waals surface area contributed by atoms with Gasteiger partial charge in [0.25, 0.3) is 5.91 Å². The first-order chi connectivity index (χ1) is 16.3. The molecule has 0 spiro atoms. The standard InChI is InChI=1S/C27H26N4O2/c32-27(28-23-11-7-8-21(18-23)19-30-14-16-33-17-15-30)25-20-31(24-12-5-2-6-13-24)29-26(25)22-9-3-1-4-10-22/h1-13,18,20H,14-17,19H2,(H,28,32). The summed E-state index contributed by atoms with van der Waals surface area (Å²) in [6.07, 6.45) is 1.80. The topological polar surface area (TPSA) is 59.4 Å². The van der Waals surface area contributed by atoms with Gasteiger partial charge in [-0.05, 0) is 29.8 Å². The summed E-state index contributed by atoms with van der Waals surface area (Å²) in [6, 6.07) is 27.7. The van der Waals surface area contributed by atoms with Gasteiger partial charge in [0.15, 0.2) is 0 Å². The molecule has 33 heavy (non-hydrogen) atoms. The molecular formula is C27H26N4O2. The molecule has 1 fully saturated rings. The first kappa shape index (κ1) is 21.1. The van der Waals surface area contributed by atoms with E-state index in [2.05, 4.69) is 16.3 Å². The summed E-state index contributed by atoms with van der Waals surface area (Å²) in [5.41, 5.74) is 4.93. The Bertz CT molecular complexity index is 1220. The highest BCUT2D eigenvalue weighted by atomic mass is 16.5. The molecule has 4 aromatic rings. The summed E-state index contributed by atoms with van der Waals surface area (Å²) in [7, 11) is 0. The van der Waals surface area contributed by atoms with Gasteiger partial charge in [-0.2, -0.15) is 5.10 Å². The summed E-state index contributed by atoms with van der Waals surface area (Å²) in [4.78, 5) is 15.7. The highest BCUT2D eigenvalue weighted by Gasteiger charge is 2.19. The van der Waals surface area contributed by atoms with E-state index < -0.39 is 0 Å². The Hall–Kier alpha value is -3.74. The van der Waals surface area contributed by atoms with Crippen molar-refractivity contribution in [2.24, 2.45) is 0 Å². The van der Waals surface area contributed by atoms with Gasteiger partial charge >= 0.3 is 0 Å². The van der Waals surface area contributed by atoms with Crippen LogP contribution in [-0.2, 0) is 11.3 Å². The fraction of sp³-hybridized carbons (Fsp3) is 0.185. The highest BCUT2D eigenvalue weighted by Crippen LogP contribution is 2.25. The van der Waals surface area contributed by atoms with E-state index in [4.69, 9.17) is 9.84 Å². The normalized spacial score (nSPS) is 14.2. The van der Waals surface area contributed by atoms with E-state index in [0.717, 1.165) is 55.3 Å². The van der Waals surface area contributed by atoms with Crippen molar-refractivity contribution in [2.45, 2.75) is 6.54 Å². The maximum Gasteiger partial charge on any atom is 0.259 e. The van der Waals surface area contributed by atoms with Crippen LogP contribution in [0.15, 0.2) is 91.1 Å². The number of anilines is 1. The maximum absolute atomic E-state index is 13.4. The molecule has 5 rings (SSSR count). The van der Waals surface area contributed by atoms with Crippen molar-refractivity contribution >= 4 is 11.6 Å². The van der Waals surface area contributed by atoms with Gasteiger partial charge < -0.3 is 10.1 Å². The Morgan fingerprint density at radius 3 is 2.39 bits per heavy atom. The van der Waals surface area contributed by atoms with Crippen molar-refractivity contribution < 1.29 is 9.53 Å². The molecule has 1 amide bonds. The van der Waals surface area contributed by atoms with Gasteiger partial charge in [0.05, 0.1) is 24.5 Å². The summed E-state index contributed by atoms with van der Waals surface area (Å²) in [6.45, 7) is 4.23. The van der Waals surface area contributed by atoms with E-state index in [1.54, 1.807) is 10.9 Å². The molecule has 166 valence electrons. The number of para-hydroxylation sites is 1. The lowest BCUT2D eigenvalue weighted by Gasteiger charge is -2.26. The molecule has 6 nitrogen and oxygen atoms in total. The molecule has 2 heterocycles. The molecule has 1 aliphatic heterocycles. The zero-order valence-electron chi connectivity index (χ0n) is 18.4. The van der Waals surface area contributed by atoms with E-state index >= 15 is 0 Å². The van der Waals surface area contributed by atoms with Crippen LogP contribution >= 0.6 is 0 Å². The second kappa shape index (κ2) is 9.81. The van der Waals surface area contributed by atoms with Gasteiger partial charge in [0.2, 0.25) is 0 Å². The predicted molar refractivity (Wildman–Crippen MR) is 129 cm³/mol. The van der Waals surface area contributed by atoms with Crippen LogP contribution in [0.4, 0.5) is 5.69 Å². The zero-order valence-corrected chi connectivity index (χ0v) is 18.4. The second-order valence-corrected chi connectivity index (χ2v) is 8.08. The summed E-state index contributed by atoms with van der Waals surface area (Å²) < 4.78 is 7.19. The number of amides is 1. The molecule has 0 atom stereocenters. The van der Waals surface area contributed by atoms with Crippen LogP contribution in [0.2, 0.25) is 0 Å². The lowest BCUT2D eigenvalue weighted by molar-refractivity contribution is 0.0342. The highest BCUT2D eigenvalue weighted by molar-refractivity contribution is 6.08. The van der Waals surface area contributed by atoms with Gasteiger partial charge in [-0.15, -0.1) is 0 Å². The van der Waals surface area contributed by atoms with Gasteiger partial charge in [0, 0.05) is 37.1 Å². The number of hydrogen-bond acceptors (Lipinski definition) is 4. The van der Waals surface area contributed by atoms with E-state index in [1.807, 2.05) is 78.9 Å². The van der Waals surface area contributed by atoms with Crippen LogP contribution in [0.3, 0.4) is 0 Å². The van der Waals surface area contributed by atoms with Crippen molar-refractivity contribution in [3.05, 3.63) is 102 Å². The van der Waals surface area contributed by atoms with Crippen molar-refractivity contribution in [3.8, 4) is 16.9 Å². The number of morpholine rings is 1. The number of carbonyl (C=O) groups is 1. The van der Waals surface area contributed by atoms with E-state index in [0.29, 0.717) is 11.3 Å². The molecule has 0 saturated carbocycles. The first-order valence-corrected chi connectivity index (χ1v) is 11.2. The largest absolute Gasteiger partial charge is 0.379 e. The zero-order chi connectivity index (χ0) is 22.5. The number of nitrogens with one attached hydrogen (secondary N) is 1. The lowest BCUT2D eigenvalue weighted by atomic mass is 10.1. The Morgan fingerprint density at radius 2 is 1.64 bits per heavy atom. The molecule has 1 aliphatic rings. The average Bonchev–Trinajstić information content (AvgIpc) is 3.32. The number of nitrogens with zero attached hydrogens (tertiary/aromatic N) is 3. The SMILES string of the molecule is O=C(Nc1cccc(CN2CCOCC2)c1)c1cn(-c2ccccc2)nc1-c1ccccc1. The maximum atomic E-state index is 13.4. The van der Waals surface area contributed by atoms with Crippen molar-refractivity contribution in [1.29, 1.82) is 0 Å². The number of rotatable bonds is 6. The third kappa shape index (κ3) is 5.03. The molecule has 3 aromatic carbocycles. The summed E-state index contributed by atoms with van der Waals surface area (Å²) >= 11 is 0. The summed E-state index contributed by atoms with van der Waals surface area (Å²) in [5, 5.41) is 7.82. The quantitative estimate of drug-likeness (QED) is 0.477. The number of aromatic nitrogens is 2. The Kier molecular flexibility index (Phi) is 6.28. The molecule has 1 saturated heterocycles. The van der Waals surface area contributed by atoms with E-state index in [1.165, 1.54) is 0 Å². The molecule has 6 heteroatoms. The molecule has 0 bridgehead atoms. The van der Waals surface area contributed by atoms with E-state index in [-0.39, 0.29) is 5.91 Å². The monoisotopic (exact) mass is 438 g/mol. The second-order valence-electron chi connectivity index (χ2n) is 8.08. The van der Waals surface area contributed by atoms with Gasteiger partial charge in [-0.1, -0.05) is 60.7 Å². The number of carbonyl (C=O) groups excluding carboxylic acids is 1. The molecular weight excluding hydrogens is 412 g/mol. The van der Waals surface area contributed by atoms with Gasteiger partial charge in [-0.3, -0.25) is 9.69 Å². The summed E-state index contributed by atoms with van der Waals surface area (Å²) in [5.74, 6) is -0.181. The van der Waals surface area contributed by atoms with E-state index in [9.17, 15) is 4.79 Å². The van der Waals surface area contributed by atoms with Gasteiger partial charge in [0.1, 0.15) is 5.69 Å². The number of hydrogen-bond donors (Lipinski definition) is 1. The van der Waals surface area contributed by atoms with Crippen molar-refractivity contribution in [1.82, 2.24) is 14.7 Å². The average molecular weight is 439 g/mol. The Balaban J connectivity index is 1.41. The third-order valence-corrected chi connectivity index (χ3v) is 5.72. The van der Waals surface area contributed by atoms with Crippen LogP contribution in [0.25, 0.3) is 16.9 Å². The number of benzene rings is 3. The van der Waals surface area contributed by atoms with Crippen LogP contribution in [0.5, 0.6) is 0 Å². The van der Waals surface area contributed by atoms with Crippen molar-refractivity contribution in [2.75, 3.05) is 31.6 Å². The minimum absolute atomic E-state index is 0.181. The third-order valence-electron chi connectivity index (χ3n) is 5.72. The molecule has 0 radical (unpaired) electrons. The number of ether oxygens (including phenoxy) is 1. The molecule has 0 unspecified atom stereocenters. The van der Waals surface area contributed by atoms with Crippen molar-refractivity contribution in [3.63, 3.8) is 0 Å².